The van der Waals surface area contributed by atoms with Gasteiger partial charge in [-0.15, -0.1) is 0 Å². The maximum Gasteiger partial charge on any atom is 0.248 e. The molecule has 21 heavy (non-hydrogen) atoms. The lowest BCUT2D eigenvalue weighted by molar-refractivity contribution is -0.114. The second kappa shape index (κ2) is 6.56. The van der Waals surface area contributed by atoms with Crippen LogP contribution in [0.4, 0.5) is 11.4 Å². The summed E-state index contributed by atoms with van der Waals surface area (Å²) in [5, 5.41) is 6.00. The first-order valence-electron chi connectivity index (χ1n) is 6.55. The zero-order chi connectivity index (χ0) is 15.2. The van der Waals surface area contributed by atoms with Crippen LogP contribution in [0.3, 0.4) is 0 Å². The Hall–Kier alpha value is -2.82. The second-order valence-electron chi connectivity index (χ2n) is 4.64. The third kappa shape index (κ3) is 4.07. The van der Waals surface area contributed by atoms with Crippen molar-refractivity contribution in [3.63, 3.8) is 0 Å². The summed E-state index contributed by atoms with van der Waals surface area (Å²) in [7, 11) is 0. The average Bonchev–Trinajstić information content (AvgIpc) is 2.46. The van der Waals surface area contributed by atoms with E-state index in [1.54, 1.807) is 18.2 Å². The smallest absolute Gasteiger partial charge is 0.248 e. The standard InChI is InChI=1S/C16H17N3O2/c1-11(20)19-15-8-3-2-5-13(15)10-18-14-7-4-6-12(9-14)16(17)21/h2-9,18H,10H2,1H3,(H2,17,21)(H,19,20). The highest BCUT2D eigenvalue weighted by atomic mass is 16.1. The number of carbonyl (C=O) groups excluding carboxylic acids is 2. The van der Waals surface area contributed by atoms with Crippen LogP contribution in [0.25, 0.3) is 0 Å². The van der Waals surface area contributed by atoms with E-state index in [9.17, 15) is 9.59 Å². The topological polar surface area (TPSA) is 84.2 Å². The van der Waals surface area contributed by atoms with E-state index < -0.39 is 5.91 Å². The molecule has 0 aliphatic rings. The lowest BCUT2D eigenvalue weighted by atomic mass is 10.1. The molecule has 108 valence electrons. The SMILES string of the molecule is CC(=O)Nc1ccccc1CNc1cccc(C(N)=O)c1. The van der Waals surface area contributed by atoms with Crippen molar-refractivity contribution >= 4 is 23.2 Å². The van der Waals surface area contributed by atoms with Crippen LogP contribution >= 0.6 is 0 Å². The Morgan fingerprint density at radius 1 is 1.10 bits per heavy atom. The molecule has 2 amide bonds. The van der Waals surface area contributed by atoms with Crippen molar-refractivity contribution in [3.05, 3.63) is 59.7 Å². The van der Waals surface area contributed by atoms with Gasteiger partial charge < -0.3 is 16.4 Å². The summed E-state index contributed by atoms with van der Waals surface area (Å²) >= 11 is 0. The minimum Gasteiger partial charge on any atom is -0.381 e. The van der Waals surface area contributed by atoms with Gasteiger partial charge in [-0.2, -0.15) is 0 Å². The van der Waals surface area contributed by atoms with Gasteiger partial charge in [0.25, 0.3) is 0 Å². The molecule has 5 nitrogen and oxygen atoms in total. The summed E-state index contributed by atoms with van der Waals surface area (Å²) in [4.78, 5) is 22.3. The van der Waals surface area contributed by atoms with E-state index in [4.69, 9.17) is 5.73 Å². The minimum absolute atomic E-state index is 0.113. The average molecular weight is 283 g/mol. The molecule has 0 heterocycles. The van der Waals surface area contributed by atoms with Crippen LogP contribution in [0.2, 0.25) is 0 Å². The molecule has 0 aliphatic heterocycles. The second-order valence-corrected chi connectivity index (χ2v) is 4.64. The van der Waals surface area contributed by atoms with Gasteiger partial charge in [-0.05, 0) is 29.8 Å². The number of amides is 2. The fourth-order valence-corrected chi connectivity index (χ4v) is 1.97. The predicted molar refractivity (Wildman–Crippen MR) is 83.0 cm³/mol. The van der Waals surface area contributed by atoms with Crippen molar-refractivity contribution in [1.82, 2.24) is 0 Å². The third-order valence-corrected chi connectivity index (χ3v) is 2.96. The van der Waals surface area contributed by atoms with E-state index in [-0.39, 0.29) is 5.91 Å². The molecule has 0 aliphatic carbocycles. The van der Waals surface area contributed by atoms with Gasteiger partial charge in [0.2, 0.25) is 11.8 Å². The third-order valence-electron chi connectivity index (χ3n) is 2.96. The monoisotopic (exact) mass is 283 g/mol. The number of rotatable bonds is 5. The van der Waals surface area contributed by atoms with Gasteiger partial charge in [-0.1, -0.05) is 24.3 Å². The summed E-state index contributed by atoms with van der Waals surface area (Å²) in [5.41, 5.74) is 8.23. The van der Waals surface area contributed by atoms with Gasteiger partial charge in [-0.25, -0.2) is 0 Å². The predicted octanol–water partition coefficient (Wildman–Crippen LogP) is 2.36. The first-order chi connectivity index (χ1) is 10.1. The van der Waals surface area contributed by atoms with Crippen LogP contribution in [-0.4, -0.2) is 11.8 Å². The number of nitrogens with one attached hydrogen (secondary N) is 2. The largest absolute Gasteiger partial charge is 0.381 e. The summed E-state index contributed by atoms with van der Waals surface area (Å²) < 4.78 is 0. The summed E-state index contributed by atoms with van der Waals surface area (Å²) in [5.74, 6) is -0.574. The maximum atomic E-state index is 11.2. The van der Waals surface area contributed by atoms with Gasteiger partial charge in [-0.3, -0.25) is 9.59 Å². The Balaban J connectivity index is 2.11. The number of para-hydroxylation sites is 1. The first-order valence-corrected chi connectivity index (χ1v) is 6.55. The molecule has 0 aromatic heterocycles. The van der Waals surface area contributed by atoms with Crippen LogP contribution in [-0.2, 0) is 11.3 Å². The highest BCUT2D eigenvalue weighted by Crippen LogP contribution is 2.18. The molecule has 2 aromatic carbocycles. The molecule has 4 N–H and O–H groups in total. The van der Waals surface area contributed by atoms with Crippen molar-refractivity contribution in [2.45, 2.75) is 13.5 Å². The lowest BCUT2D eigenvalue weighted by Crippen LogP contribution is -2.12. The maximum absolute atomic E-state index is 11.2. The Kier molecular flexibility index (Phi) is 4.56. The normalized spacial score (nSPS) is 9.95. The number of primary amides is 1. The first kappa shape index (κ1) is 14.6. The van der Waals surface area contributed by atoms with Crippen LogP contribution in [0.1, 0.15) is 22.8 Å². The van der Waals surface area contributed by atoms with Crippen LogP contribution < -0.4 is 16.4 Å². The van der Waals surface area contributed by atoms with E-state index in [2.05, 4.69) is 10.6 Å². The highest BCUT2D eigenvalue weighted by molar-refractivity contribution is 5.93. The number of nitrogens with two attached hydrogens (primary N) is 1. The number of hydrogen-bond acceptors (Lipinski definition) is 3. The fraction of sp³-hybridized carbons (Fsp3) is 0.125. The minimum atomic E-state index is -0.461. The molecular weight excluding hydrogens is 266 g/mol. The number of carbonyl (C=O) groups is 2. The van der Waals surface area contributed by atoms with Gasteiger partial charge in [0.15, 0.2) is 0 Å². The van der Waals surface area contributed by atoms with E-state index in [1.165, 1.54) is 6.92 Å². The molecular formula is C16H17N3O2. The van der Waals surface area contributed by atoms with E-state index >= 15 is 0 Å². The number of hydrogen-bond donors (Lipinski definition) is 3. The zero-order valence-electron chi connectivity index (χ0n) is 11.7. The molecule has 0 atom stereocenters. The Morgan fingerprint density at radius 3 is 2.57 bits per heavy atom. The molecule has 0 unspecified atom stereocenters. The molecule has 0 saturated heterocycles. The number of anilines is 2. The van der Waals surface area contributed by atoms with Crippen molar-refractivity contribution in [3.8, 4) is 0 Å². The molecule has 0 saturated carbocycles. The molecule has 5 heteroatoms. The summed E-state index contributed by atoms with van der Waals surface area (Å²) in [6.07, 6.45) is 0. The Morgan fingerprint density at radius 2 is 1.86 bits per heavy atom. The van der Waals surface area contributed by atoms with E-state index in [0.29, 0.717) is 12.1 Å². The van der Waals surface area contributed by atoms with Crippen molar-refractivity contribution in [2.75, 3.05) is 10.6 Å². The van der Waals surface area contributed by atoms with Crippen LogP contribution in [0, 0.1) is 0 Å². The van der Waals surface area contributed by atoms with Crippen molar-refractivity contribution in [2.24, 2.45) is 5.73 Å². The fourth-order valence-electron chi connectivity index (χ4n) is 1.97. The van der Waals surface area contributed by atoms with Gasteiger partial charge in [0.05, 0.1) is 0 Å². The van der Waals surface area contributed by atoms with Gasteiger partial charge in [0.1, 0.15) is 0 Å². The van der Waals surface area contributed by atoms with Crippen molar-refractivity contribution in [1.29, 1.82) is 0 Å². The quantitative estimate of drug-likeness (QED) is 0.787. The van der Waals surface area contributed by atoms with E-state index in [0.717, 1.165) is 16.9 Å². The highest BCUT2D eigenvalue weighted by Gasteiger charge is 2.04. The number of benzene rings is 2. The molecule has 2 aromatic rings. The van der Waals surface area contributed by atoms with Gasteiger partial charge in [0, 0.05) is 30.4 Å². The molecule has 0 bridgehead atoms. The molecule has 2 rings (SSSR count). The van der Waals surface area contributed by atoms with Crippen molar-refractivity contribution < 1.29 is 9.59 Å². The Bertz CT molecular complexity index is 668. The lowest BCUT2D eigenvalue weighted by Gasteiger charge is -2.12. The summed E-state index contributed by atoms with van der Waals surface area (Å²) in [6, 6.07) is 14.5. The zero-order valence-corrected chi connectivity index (χ0v) is 11.7. The molecule has 0 fully saturated rings. The Labute approximate surface area is 123 Å². The molecule has 0 radical (unpaired) electrons. The van der Waals surface area contributed by atoms with Crippen LogP contribution in [0.15, 0.2) is 48.5 Å². The summed E-state index contributed by atoms with van der Waals surface area (Å²) in [6.45, 7) is 2.00. The van der Waals surface area contributed by atoms with Crippen LogP contribution in [0.5, 0.6) is 0 Å². The molecule has 0 spiro atoms. The van der Waals surface area contributed by atoms with Gasteiger partial charge >= 0.3 is 0 Å². The van der Waals surface area contributed by atoms with E-state index in [1.807, 2.05) is 30.3 Å².